The van der Waals surface area contributed by atoms with Gasteiger partial charge in [0.1, 0.15) is 6.29 Å². The van der Waals surface area contributed by atoms with Crippen LogP contribution in [0.5, 0.6) is 0 Å². The lowest BCUT2D eigenvalue weighted by Crippen LogP contribution is -1.47. The minimum absolute atomic E-state index is 0.750. The van der Waals surface area contributed by atoms with Crippen LogP contribution in [0.2, 0.25) is 0 Å². The first-order chi connectivity index (χ1) is 7.41. The van der Waals surface area contributed by atoms with E-state index in [0.717, 1.165) is 6.29 Å². The molecule has 0 aliphatic rings. The first kappa shape index (κ1) is 13.1. The first-order valence-electron chi connectivity index (χ1n) is 4.81. The first-order valence-corrected chi connectivity index (χ1v) is 4.81. The van der Waals surface area contributed by atoms with E-state index in [0.29, 0.717) is 0 Å². The predicted molar refractivity (Wildman–Crippen MR) is 64.6 cm³/mol. The number of carbonyl (C=O) groups excluding carboxylic acids is 1. The zero-order valence-corrected chi connectivity index (χ0v) is 8.91. The molecule has 0 aliphatic heterocycles. The van der Waals surface area contributed by atoms with Crippen LogP contribution >= 0.6 is 0 Å². The molecule has 2 aromatic carbocycles. The second-order valence-electron chi connectivity index (χ2n) is 2.55. The van der Waals surface area contributed by atoms with Gasteiger partial charge in [-0.05, 0) is 6.92 Å². The average Bonchev–Trinajstić information content (AvgIpc) is 2.35. The van der Waals surface area contributed by atoms with Crippen molar-refractivity contribution in [1.29, 1.82) is 0 Å². The Hall–Kier alpha value is -1.89. The molecule has 0 atom stereocenters. The average molecular weight is 200 g/mol. The van der Waals surface area contributed by atoms with E-state index in [1.807, 2.05) is 72.8 Å². The third-order valence-corrected chi connectivity index (χ3v) is 1.33. The highest BCUT2D eigenvalue weighted by Gasteiger charge is 1.58. The van der Waals surface area contributed by atoms with Crippen molar-refractivity contribution in [1.82, 2.24) is 0 Å². The number of benzene rings is 2. The zero-order valence-electron chi connectivity index (χ0n) is 8.91. The summed E-state index contributed by atoms with van der Waals surface area (Å²) < 4.78 is 0. The lowest BCUT2D eigenvalue weighted by molar-refractivity contribution is -0.106. The van der Waals surface area contributed by atoms with Crippen LogP contribution in [0.3, 0.4) is 0 Å². The van der Waals surface area contributed by atoms with E-state index in [9.17, 15) is 0 Å². The predicted octanol–water partition coefficient (Wildman–Crippen LogP) is 3.58. The maximum Gasteiger partial charge on any atom is 0.116 e. The van der Waals surface area contributed by atoms with Crippen LogP contribution in [0.4, 0.5) is 0 Å². The Morgan fingerprint density at radius 2 is 0.600 bits per heavy atom. The Labute approximate surface area is 91.4 Å². The number of hydrogen-bond donors (Lipinski definition) is 0. The molecule has 0 aromatic heterocycles. The lowest BCUT2D eigenvalue weighted by Gasteiger charge is -1.69. The fourth-order valence-electron chi connectivity index (χ4n) is 0.770. The number of rotatable bonds is 0. The SMILES string of the molecule is CC=O.c1ccccc1.c1ccccc1. The van der Waals surface area contributed by atoms with E-state index in [-0.39, 0.29) is 0 Å². The van der Waals surface area contributed by atoms with Gasteiger partial charge in [0.05, 0.1) is 0 Å². The summed E-state index contributed by atoms with van der Waals surface area (Å²) in [6.07, 6.45) is 0.750. The largest absolute Gasteiger partial charge is 0.304 e. The molecule has 78 valence electrons. The number of aldehydes is 1. The van der Waals surface area contributed by atoms with Crippen LogP contribution in [-0.4, -0.2) is 6.29 Å². The Morgan fingerprint density at radius 1 is 0.533 bits per heavy atom. The Morgan fingerprint density at radius 3 is 0.667 bits per heavy atom. The Kier molecular flexibility index (Phi) is 10.6. The fraction of sp³-hybridized carbons (Fsp3) is 0.0714. The smallest absolute Gasteiger partial charge is 0.116 e. The molecular formula is C14H16O. The normalized spacial score (nSPS) is 7.27. The fourth-order valence-corrected chi connectivity index (χ4v) is 0.770. The van der Waals surface area contributed by atoms with Gasteiger partial charge >= 0.3 is 0 Å². The Balaban J connectivity index is 0.000000210. The zero-order chi connectivity index (χ0) is 11.2. The summed E-state index contributed by atoms with van der Waals surface area (Å²) in [7, 11) is 0. The maximum atomic E-state index is 8.81. The quantitative estimate of drug-likeness (QED) is 0.594. The summed E-state index contributed by atoms with van der Waals surface area (Å²) >= 11 is 0. The van der Waals surface area contributed by atoms with Crippen LogP contribution in [0, 0.1) is 0 Å². The summed E-state index contributed by atoms with van der Waals surface area (Å²) in [6.45, 7) is 1.44. The molecule has 2 rings (SSSR count). The minimum atomic E-state index is 0.750. The highest BCUT2D eigenvalue weighted by atomic mass is 16.1. The molecule has 0 radical (unpaired) electrons. The van der Waals surface area contributed by atoms with Crippen LogP contribution in [-0.2, 0) is 4.79 Å². The van der Waals surface area contributed by atoms with Gasteiger partial charge in [0.15, 0.2) is 0 Å². The Bertz CT molecular complexity index is 218. The summed E-state index contributed by atoms with van der Waals surface area (Å²) in [6, 6.07) is 24.0. The molecule has 0 amide bonds. The van der Waals surface area contributed by atoms with E-state index in [4.69, 9.17) is 4.79 Å². The molecule has 1 heteroatoms. The molecule has 0 bridgehead atoms. The highest BCUT2D eigenvalue weighted by molar-refractivity contribution is 5.44. The third kappa shape index (κ3) is 12.1. The molecule has 0 unspecified atom stereocenters. The third-order valence-electron chi connectivity index (χ3n) is 1.33. The van der Waals surface area contributed by atoms with E-state index in [1.54, 1.807) is 0 Å². The van der Waals surface area contributed by atoms with Crippen LogP contribution < -0.4 is 0 Å². The van der Waals surface area contributed by atoms with Crippen molar-refractivity contribution in [2.24, 2.45) is 0 Å². The molecule has 0 heterocycles. The van der Waals surface area contributed by atoms with Crippen molar-refractivity contribution >= 4 is 6.29 Å². The second kappa shape index (κ2) is 12.1. The topological polar surface area (TPSA) is 17.1 Å². The van der Waals surface area contributed by atoms with Gasteiger partial charge in [0.2, 0.25) is 0 Å². The van der Waals surface area contributed by atoms with E-state index in [2.05, 4.69) is 0 Å². The van der Waals surface area contributed by atoms with E-state index in [1.165, 1.54) is 6.92 Å². The van der Waals surface area contributed by atoms with Gasteiger partial charge in [0.25, 0.3) is 0 Å². The van der Waals surface area contributed by atoms with Gasteiger partial charge in [-0.3, -0.25) is 0 Å². The van der Waals surface area contributed by atoms with Crippen molar-refractivity contribution in [3.8, 4) is 0 Å². The van der Waals surface area contributed by atoms with Gasteiger partial charge in [-0.15, -0.1) is 0 Å². The van der Waals surface area contributed by atoms with Crippen molar-refractivity contribution in [2.45, 2.75) is 6.92 Å². The monoisotopic (exact) mass is 200 g/mol. The highest BCUT2D eigenvalue weighted by Crippen LogP contribution is 1.80. The van der Waals surface area contributed by atoms with Crippen molar-refractivity contribution in [2.75, 3.05) is 0 Å². The van der Waals surface area contributed by atoms with Crippen molar-refractivity contribution < 1.29 is 4.79 Å². The molecule has 0 fully saturated rings. The van der Waals surface area contributed by atoms with Crippen LogP contribution in [0.25, 0.3) is 0 Å². The van der Waals surface area contributed by atoms with E-state index < -0.39 is 0 Å². The minimum Gasteiger partial charge on any atom is -0.304 e. The molecule has 15 heavy (non-hydrogen) atoms. The van der Waals surface area contributed by atoms with Crippen LogP contribution in [0.15, 0.2) is 72.8 Å². The maximum absolute atomic E-state index is 8.81. The van der Waals surface area contributed by atoms with Crippen molar-refractivity contribution in [3.05, 3.63) is 72.8 Å². The number of carbonyl (C=O) groups is 1. The molecule has 1 nitrogen and oxygen atoms in total. The summed E-state index contributed by atoms with van der Waals surface area (Å²) in [5.74, 6) is 0. The van der Waals surface area contributed by atoms with E-state index >= 15 is 0 Å². The molecule has 2 aromatic rings. The van der Waals surface area contributed by atoms with Crippen LogP contribution in [0.1, 0.15) is 6.92 Å². The molecule has 0 saturated carbocycles. The van der Waals surface area contributed by atoms with Gasteiger partial charge in [-0.25, -0.2) is 0 Å². The summed E-state index contributed by atoms with van der Waals surface area (Å²) in [5, 5.41) is 0. The second-order valence-corrected chi connectivity index (χ2v) is 2.55. The summed E-state index contributed by atoms with van der Waals surface area (Å²) in [4.78, 5) is 8.81. The molecule has 0 N–H and O–H groups in total. The van der Waals surface area contributed by atoms with Gasteiger partial charge in [-0.1, -0.05) is 72.8 Å². The van der Waals surface area contributed by atoms with Gasteiger partial charge < -0.3 is 4.79 Å². The number of hydrogen-bond acceptors (Lipinski definition) is 1. The van der Waals surface area contributed by atoms with Gasteiger partial charge in [0, 0.05) is 0 Å². The summed E-state index contributed by atoms with van der Waals surface area (Å²) in [5.41, 5.74) is 0. The molecule has 0 spiro atoms. The molecule has 0 aliphatic carbocycles. The van der Waals surface area contributed by atoms with Crippen molar-refractivity contribution in [3.63, 3.8) is 0 Å². The lowest BCUT2D eigenvalue weighted by atomic mass is 10.4. The molecule has 0 saturated heterocycles. The standard InChI is InChI=1S/2C6H6.C2H4O/c2*1-2-4-6-5-3-1;1-2-3/h2*1-6H;2H,1H3. The van der Waals surface area contributed by atoms with Gasteiger partial charge in [-0.2, -0.15) is 0 Å². The molecular weight excluding hydrogens is 184 g/mol.